The first-order chi connectivity index (χ1) is 0. The Kier molecular flexibility index (Phi) is 185. The summed E-state index contributed by atoms with van der Waals surface area (Å²) in [5.74, 6) is 0. The van der Waals surface area contributed by atoms with E-state index in [0.29, 0.717) is 0 Å². The molecule has 0 aromatic carbocycles. The average Bonchev–Trinajstić information content (AvgIpc) is 0. The summed E-state index contributed by atoms with van der Waals surface area (Å²) in [6.45, 7) is 0. The fourth-order valence-electron chi connectivity index (χ4n) is 0. The van der Waals surface area contributed by atoms with E-state index in [4.69, 9.17) is 0 Å². The molecule has 0 unspecified atom stereocenters. The van der Waals surface area contributed by atoms with Crippen molar-refractivity contribution in [2.45, 2.75) is 0 Å². The Hall–Kier alpha value is 2.02. The third-order valence-electron chi connectivity index (χ3n) is 0. The summed E-state index contributed by atoms with van der Waals surface area (Å²) < 4.78 is 0. The van der Waals surface area contributed by atoms with Crippen LogP contribution in [0.3, 0.4) is 0 Å². The zero-order valence-electron chi connectivity index (χ0n) is 1.96. The molecule has 24 valence electrons. The van der Waals surface area contributed by atoms with Crippen LogP contribution in [0.4, 0.5) is 0 Å². The van der Waals surface area contributed by atoms with Gasteiger partial charge >= 0.3 is 45.5 Å². The third kappa shape index (κ3) is 8.99. The summed E-state index contributed by atoms with van der Waals surface area (Å²) >= 11 is 0. The molecule has 2 N–H and O–H groups in total. The van der Waals surface area contributed by atoms with Crippen LogP contribution in [0, 0.1) is 0 Å². The van der Waals surface area contributed by atoms with E-state index in [-0.39, 0.29) is 75.8 Å². The van der Waals surface area contributed by atoms with E-state index >= 15 is 0 Å². The standard InChI is InChI=1S/2ClH.H2O.Sr/h2*1H;1H2;/q;;;+2/p-2. The Morgan fingerprint density at radius 2 is 0.750 bits per heavy atom. The van der Waals surface area contributed by atoms with Crippen molar-refractivity contribution >= 4 is 45.5 Å². The van der Waals surface area contributed by atoms with Gasteiger partial charge in [-0.2, -0.15) is 0 Å². The molecular weight excluding hydrogens is 175 g/mol. The van der Waals surface area contributed by atoms with Gasteiger partial charge in [-0.3, -0.25) is 0 Å². The van der Waals surface area contributed by atoms with E-state index in [2.05, 4.69) is 0 Å². The second kappa shape index (κ2) is 19.9. The average molecular weight is 177 g/mol. The first kappa shape index (κ1) is 37.2. The smallest absolute Gasteiger partial charge is 1.00 e. The second-order valence-electron chi connectivity index (χ2n) is 0. The van der Waals surface area contributed by atoms with Crippen LogP contribution in [0.2, 0.25) is 0 Å². The molecule has 0 amide bonds. The minimum absolute atomic E-state index is 0. The Morgan fingerprint density at radius 3 is 0.750 bits per heavy atom. The van der Waals surface area contributed by atoms with E-state index in [1.807, 2.05) is 0 Å². The predicted molar refractivity (Wildman–Crippen MR) is 9.37 cm³/mol. The molecule has 0 aliphatic carbocycles. The number of halogens is 2. The predicted octanol–water partition coefficient (Wildman–Crippen LogP) is -7.20. The summed E-state index contributed by atoms with van der Waals surface area (Å²) in [6, 6.07) is 0. The summed E-state index contributed by atoms with van der Waals surface area (Å²) in [5.41, 5.74) is 0. The van der Waals surface area contributed by atoms with Crippen molar-refractivity contribution in [1.29, 1.82) is 0 Å². The van der Waals surface area contributed by atoms with Crippen LogP contribution in [-0.2, 0) is 0 Å². The van der Waals surface area contributed by atoms with Crippen LogP contribution >= 0.6 is 0 Å². The molecule has 0 atom stereocenters. The topological polar surface area (TPSA) is 31.5 Å². The quantitative estimate of drug-likeness (QED) is 0.329. The van der Waals surface area contributed by atoms with E-state index in [9.17, 15) is 0 Å². The van der Waals surface area contributed by atoms with Gasteiger partial charge in [-0.05, 0) is 0 Å². The Bertz CT molecular complexity index is 6.00. The van der Waals surface area contributed by atoms with Crippen molar-refractivity contribution < 1.29 is 30.3 Å². The maximum absolute atomic E-state index is 0. The Balaban J connectivity index is 0. The van der Waals surface area contributed by atoms with Gasteiger partial charge in [-0.25, -0.2) is 0 Å². The monoisotopic (exact) mass is 176 g/mol. The normalized spacial score (nSPS) is 0. The molecule has 0 saturated heterocycles. The van der Waals surface area contributed by atoms with Gasteiger partial charge in [0.25, 0.3) is 0 Å². The van der Waals surface area contributed by atoms with Crippen LogP contribution in [0.25, 0.3) is 0 Å². The molecule has 0 radical (unpaired) electrons. The van der Waals surface area contributed by atoms with Crippen LogP contribution in [0.15, 0.2) is 0 Å². The SMILES string of the molecule is O.[Cl-].[Cl-].[Sr+2]. The van der Waals surface area contributed by atoms with Gasteiger partial charge in [0.05, 0.1) is 0 Å². The summed E-state index contributed by atoms with van der Waals surface area (Å²) in [5, 5.41) is 0. The molecule has 0 bridgehead atoms. The molecule has 0 aliphatic heterocycles. The number of hydrogen-bond donors (Lipinski definition) is 0. The van der Waals surface area contributed by atoms with Crippen LogP contribution < -0.4 is 24.8 Å². The van der Waals surface area contributed by atoms with Crippen molar-refractivity contribution in [2.75, 3.05) is 0 Å². The van der Waals surface area contributed by atoms with Crippen molar-refractivity contribution in [3.8, 4) is 0 Å². The van der Waals surface area contributed by atoms with Crippen molar-refractivity contribution in [3.05, 3.63) is 0 Å². The van der Waals surface area contributed by atoms with Gasteiger partial charge in [-0.15, -0.1) is 0 Å². The zero-order valence-corrected chi connectivity index (χ0v) is 6.95. The molecule has 0 saturated carbocycles. The number of rotatable bonds is 0. The Labute approximate surface area is 74.5 Å². The first-order valence-electron chi connectivity index (χ1n) is 0. The van der Waals surface area contributed by atoms with Crippen LogP contribution in [-0.4, -0.2) is 51.0 Å². The third-order valence-corrected chi connectivity index (χ3v) is 0. The molecule has 4 heavy (non-hydrogen) atoms. The van der Waals surface area contributed by atoms with Gasteiger partial charge in [0.15, 0.2) is 0 Å². The largest absolute Gasteiger partial charge is 2.00 e. The van der Waals surface area contributed by atoms with Gasteiger partial charge in [0.1, 0.15) is 0 Å². The van der Waals surface area contributed by atoms with Gasteiger partial charge in [-0.1, -0.05) is 0 Å². The van der Waals surface area contributed by atoms with Crippen LogP contribution in [0.1, 0.15) is 0 Å². The summed E-state index contributed by atoms with van der Waals surface area (Å²) in [6.07, 6.45) is 0. The molecule has 0 rings (SSSR count). The van der Waals surface area contributed by atoms with Crippen LogP contribution in [0.5, 0.6) is 0 Å². The molecule has 0 heterocycles. The van der Waals surface area contributed by atoms with Crippen molar-refractivity contribution in [3.63, 3.8) is 0 Å². The van der Waals surface area contributed by atoms with Gasteiger partial charge < -0.3 is 30.3 Å². The molecule has 4 heteroatoms. The second-order valence-corrected chi connectivity index (χ2v) is 0. The summed E-state index contributed by atoms with van der Waals surface area (Å²) in [7, 11) is 0. The molecule has 0 aliphatic rings. The maximum Gasteiger partial charge on any atom is 2.00 e. The van der Waals surface area contributed by atoms with Gasteiger partial charge in [0.2, 0.25) is 0 Å². The first-order valence-corrected chi connectivity index (χ1v) is 0. The Morgan fingerprint density at radius 1 is 0.750 bits per heavy atom. The molecule has 0 spiro atoms. The van der Waals surface area contributed by atoms with E-state index in [1.165, 1.54) is 0 Å². The minimum atomic E-state index is 0. The molecule has 0 fully saturated rings. The number of hydrogen-bond acceptors (Lipinski definition) is 0. The van der Waals surface area contributed by atoms with Crippen molar-refractivity contribution in [1.82, 2.24) is 0 Å². The van der Waals surface area contributed by atoms with Crippen molar-refractivity contribution in [2.24, 2.45) is 0 Å². The van der Waals surface area contributed by atoms with E-state index < -0.39 is 0 Å². The minimum Gasteiger partial charge on any atom is -1.00 e. The fraction of sp³-hybridized carbons (Fsp3) is 0. The summed E-state index contributed by atoms with van der Waals surface area (Å²) in [4.78, 5) is 0. The maximum atomic E-state index is 0. The van der Waals surface area contributed by atoms with Gasteiger partial charge in [0, 0.05) is 0 Å². The zero-order chi connectivity index (χ0) is 0. The molecule has 0 aromatic rings. The fourth-order valence-corrected chi connectivity index (χ4v) is 0. The molecule has 1 nitrogen and oxygen atoms in total. The van der Waals surface area contributed by atoms with E-state index in [0.717, 1.165) is 0 Å². The van der Waals surface area contributed by atoms with E-state index in [1.54, 1.807) is 0 Å². The molecular formula is H2Cl2OSr. The molecule has 0 aromatic heterocycles.